The van der Waals surface area contributed by atoms with Crippen molar-refractivity contribution < 1.29 is 9.47 Å². The minimum atomic E-state index is -0.274. The molecule has 3 unspecified atom stereocenters. The molecule has 8 nitrogen and oxygen atoms in total. The third-order valence-electron chi connectivity index (χ3n) is 5.64. The second-order valence-corrected chi connectivity index (χ2v) is 9.59. The van der Waals surface area contributed by atoms with Crippen LogP contribution in [0.1, 0.15) is 63.2 Å². The van der Waals surface area contributed by atoms with E-state index in [2.05, 4.69) is 43.3 Å². The molecular weight excluding hydrogens is 412 g/mol. The summed E-state index contributed by atoms with van der Waals surface area (Å²) in [6.07, 6.45) is 7.34. The average molecular weight is 439 g/mol. The summed E-state index contributed by atoms with van der Waals surface area (Å²) in [6.45, 7) is 5.89. The molecule has 0 spiro atoms. The van der Waals surface area contributed by atoms with E-state index in [0.29, 0.717) is 16.8 Å². The first-order chi connectivity index (χ1) is 14.0. The molecular formula is C19H27ClN6O2S. The summed E-state index contributed by atoms with van der Waals surface area (Å²) >= 11 is 7.44. The third-order valence-corrected chi connectivity index (χ3v) is 6.75. The molecule has 1 N–H and O–H groups in total. The number of aromatic nitrogens is 5. The van der Waals surface area contributed by atoms with Crippen LogP contribution < -0.4 is 4.72 Å². The van der Waals surface area contributed by atoms with Crippen molar-refractivity contribution in [3.8, 4) is 0 Å². The van der Waals surface area contributed by atoms with Crippen LogP contribution in [0.3, 0.4) is 0 Å². The molecule has 3 atom stereocenters. The molecule has 0 amide bonds. The van der Waals surface area contributed by atoms with Gasteiger partial charge in [-0.1, -0.05) is 11.6 Å². The van der Waals surface area contributed by atoms with Gasteiger partial charge < -0.3 is 9.47 Å². The number of nitrogens with one attached hydrogen (secondary N) is 1. The molecule has 1 saturated heterocycles. The lowest BCUT2D eigenvalue weighted by Crippen LogP contribution is -2.25. The molecule has 3 heterocycles. The Labute approximate surface area is 180 Å². The Kier molecular flexibility index (Phi) is 6.29. The van der Waals surface area contributed by atoms with E-state index in [1.807, 2.05) is 0 Å². The van der Waals surface area contributed by atoms with Crippen molar-refractivity contribution >= 4 is 29.5 Å². The van der Waals surface area contributed by atoms with E-state index in [1.54, 1.807) is 19.5 Å². The normalized spacial score (nSPS) is 22.8. The molecule has 1 aliphatic heterocycles. The van der Waals surface area contributed by atoms with Crippen molar-refractivity contribution in [2.75, 3.05) is 25.0 Å². The quantitative estimate of drug-likeness (QED) is 0.619. The van der Waals surface area contributed by atoms with E-state index in [0.717, 1.165) is 50.7 Å². The van der Waals surface area contributed by atoms with Gasteiger partial charge in [-0.3, -0.25) is 9.29 Å². The number of hydrogen-bond donors (Lipinski definition) is 1. The standard InChI is InChI=1S/C19H27ClN6O2S/c1-12(15(27-3)16-21-9-14(20)10-22-16)29-25-18-24-23-17(13-5-4-8-28-11-13)26(18)19(2)6-7-19/h9-10,12-13,15H,4-8,11H2,1-3H3,(H,24,25). The molecule has 2 aromatic heterocycles. The summed E-state index contributed by atoms with van der Waals surface area (Å²) in [4.78, 5) is 8.60. The van der Waals surface area contributed by atoms with Crippen LogP contribution in [-0.2, 0) is 15.0 Å². The zero-order valence-corrected chi connectivity index (χ0v) is 18.5. The maximum atomic E-state index is 5.90. The molecule has 2 fully saturated rings. The van der Waals surface area contributed by atoms with E-state index >= 15 is 0 Å². The van der Waals surface area contributed by atoms with Gasteiger partial charge in [-0.05, 0) is 51.5 Å². The van der Waals surface area contributed by atoms with E-state index < -0.39 is 0 Å². The minimum absolute atomic E-state index is 0.0415. The summed E-state index contributed by atoms with van der Waals surface area (Å²) in [6, 6.07) is 0. The van der Waals surface area contributed by atoms with Gasteiger partial charge >= 0.3 is 0 Å². The van der Waals surface area contributed by atoms with E-state index in [1.165, 1.54) is 11.9 Å². The van der Waals surface area contributed by atoms with Crippen molar-refractivity contribution in [1.29, 1.82) is 0 Å². The van der Waals surface area contributed by atoms with E-state index in [-0.39, 0.29) is 16.9 Å². The molecule has 2 aromatic rings. The topological polar surface area (TPSA) is 87.0 Å². The summed E-state index contributed by atoms with van der Waals surface area (Å²) < 4.78 is 17.0. The van der Waals surface area contributed by atoms with Crippen LogP contribution in [0.15, 0.2) is 12.4 Å². The van der Waals surface area contributed by atoms with Crippen molar-refractivity contribution in [2.45, 2.75) is 62.3 Å². The van der Waals surface area contributed by atoms with Crippen LogP contribution in [0.4, 0.5) is 5.95 Å². The first-order valence-corrected chi connectivity index (χ1v) is 11.2. The highest BCUT2D eigenvalue weighted by atomic mass is 35.5. The highest BCUT2D eigenvalue weighted by Crippen LogP contribution is 2.47. The first-order valence-electron chi connectivity index (χ1n) is 9.97. The van der Waals surface area contributed by atoms with Crippen LogP contribution in [0.25, 0.3) is 0 Å². The number of anilines is 1. The number of rotatable bonds is 8. The largest absolute Gasteiger partial charge is 0.381 e. The molecule has 0 bridgehead atoms. The molecule has 158 valence electrons. The molecule has 4 rings (SSSR count). The zero-order chi connectivity index (χ0) is 20.4. The van der Waals surface area contributed by atoms with Gasteiger partial charge in [0, 0.05) is 37.6 Å². The average Bonchev–Trinajstić information content (AvgIpc) is 3.33. The van der Waals surface area contributed by atoms with Crippen molar-refractivity contribution in [1.82, 2.24) is 24.7 Å². The summed E-state index contributed by atoms with van der Waals surface area (Å²) in [5.74, 6) is 2.73. The van der Waals surface area contributed by atoms with Crippen LogP contribution in [0.2, 0.25) is 5.02 Å². The zero-order valence-electron chi connectivity index (χ0n) is 17.0. The fourth-order valence-electron chi connectivity index (χ4n) is 3.69. The monoisotopic (exact) mass is 438 g/mol. The second kappa shape index (κ2) is 8.75. The van der Waals surface area contributed by atoms with Crippen molar-refractivity contribution in [3.05, 3.63) is 29.1 Å². The van der Waals surface area contributed by atoms with Gasteiger partial charge in [-0.15, -0.1) is 10.2 Å². The lowest BCUT2D eigenvalue weighted by molar-refractivity contribution is 0.0764. The molecule has 29 heavy (non-hydrogen) atoms. The minimum Gasteiger partial charge on any atom is -0.381 e. The second-order valence-electron chi connectivity index (χ2n) is 7.97. The van der Waals surface area contributed by atoms with E-state index in [4.69, 9.17) is 21.1 Å². The number of methoxy groups -OCH3 is 1. The number of hydrogen-bond acceptors (Lipinski definition) is 8. The molecule has 2 aliphatic rings. The first kappa shape index (κ1) is 20.8. The van der Waals surface area contributed by atoms with Crippen LogP contribution >= 0.6 is 23.5 Å². The van der Waals surface area contributed by atoms with Crippen LogP contribution in [0, 0.1) is 0 Å². The highest BCUT2D eigenvalue weighted by molar-refractivity contribution is 8.01. The predicted octanol–water partition coefficient (Wildman–Crippen LogP) is 3.96. The predicted molar refractivity (Wildman–Crippen MR) is 113 cm³/mol. The smallest absolute Gasteiger partial charge is 0.235 e. The Balaban J connectivity index is 1.49. The van der Waals surface area contributed by atoms with Crippen LogP contribution in [-0.4, -0.2) is 50.3 Å². The SMILES string of the molecule is COC(c1ncc(Cl)cn1)C(C)SNc1nnc(C2CCCOC2)n1C1(C)CC1. The third kappa shape index (κ3) is 4.52. The molecule has 1 saturated carbocycles. The summed E-state index contributed by atoms with van der Waals surface area (Å²) in [5, 5.41) is 9.57. The number of halogens is 1. The molecule has 0 radical (unpaired) electrons. The van der Waals surface area contributed by atoms with Crippen LogP contribution in [0.5, 0.6) is 0 Å². The Morgan fingerprint density at radius 1 is 1.34 bits per heavy atom. The van der Waals surface area contributed by atoms with Gasteiger partial charge in [-0.25, -0.2) is 9.97 Å². The molecule has 1 aliphatic carbocycles. The lowest BCUT2D eigenvalue weighted by Gasteiger charge is -2.25. The van der Waals surface area contributed by atoms with Crippen molar-refractivity contribution in [2.24, 2.45) is 0 Å². The van der Waals surface area contributed by atoms with E-state index in [9.17, 15) is 0 Å². The fraction of sp³-hybridized carbons (Fsp3) is 0.684. The van der Waals surface area contributed by atoms with Gasteiger partial charge in [0.25, 0.3) is 0 Å². The Morgan fingerprint density at radius 3 is 2.72 bits per heavy atom. The van der Waals surface area contributed by atoms with Gasteiger partial charge in [0.15, 0.2) is 5.82 Å². The molecule has 10 heteroatoms. The highest BCUT2D eigenvalue weighted by Gasteiger charge is 2.44. The number of nitrogens with zero attached hydrogens (tertiary/aromatic N) is 5. The lowest BCUT2D eigenvalue weighted by atomic mass is 10.0. The van der Waals surface area contributed by atoms with Gasteiger partial charge in [0.2, 0.25) is 5.95 Å². The van der Waals surface area contributed by atoms with Gasteiger partial charge in [0.05, 0.1) is 16.9 Å². The van der Waals surface area contributed by atoms with Gasteiger partial charge in [0.1, 0.15) is 11.9 Å². The molecule has 0 aromatic carbocycles. The fourth-order valence-corrected chi connectivity index (χ4v) is 4.57. The Morgan fingerprint density at radius 2 is 2.10 bits per heavy atom. The number of ether oxygens (including phenoxy) is 2. The summed E-state index contributed by atoms with van der Waals surface area (Å²) in [7, 11) is 1.66. The maximum absolute atomic E-state index is 5.90. The van der Waals surface area contributed by atoms with Crippen molar-refractivity contribution in [3.63, 3.8) is 0 Å². The van der Waals surface area contributed by atoms with Gasteiger partial charge in [-0.2, -0.15) is 0 Å². The Hall–Kier alpha value is -1.42. The summed E-state index contributed by atoms with van der Waals surface area (Å²) in [5.41, 5.74) is 0.0857. The Bertz CT molecular complexity index is 823. The maximum Gasteiger partial charge on any atom is 0.235 e.